The summed E-state index contributed by atoms with van der Waals surface area (Å²) in [6.07, 6.45) is 11.0. The molecular formula is C34H61N9O3. The van der Waals surface area contributed by atoms with Crippen molar-refractivity contribution in [2.75, 3.05) is 94.6 Å². The maximum Gasteiger partial charge on any atom is 0.410 e. The molecule has 46 heavy (non-hydrogen) atoms. The molecule has 12 nitrogen and oxygen atoms in total. The molecule has 2 aliphatic carbocycles. The number of hydrogen-bond donors (Lipinski definition) is 3. The van der Waals surface area contributed by atoms with Crippen LogP contribution in [0.4, 0.5) is 22.4 Å². The Morgan fingerprint density at radius 2 is 1.59 bits per heavy atom. The highest BCUT2D eigenvalue weighted by Crippen LogP contribution is 2.26. The molecule has 12 heteroatoms. The number of aromatic nitrogens is 2. The fraction of sp³-hybridized carbons (Fsp3) is 0.853. The van der Waals surface area contributed by atoms with Gasteiger partial charge in [0.05, 0.1) is 13.2 Å². The molecule has 4 aliphatic rings. The Labute approximate surface area is 277 Å². The summed E-state index contributed by atoms with van der Waals surface area (Å²) in [5.74, 6) is 2.09. The number of amides is 1. The van der Waals surface area contributed by atoms with Crippen LogP contribution in [0.1, 0.15) is 85.0 Å². The van der Waals surface area contributed by atoms with Gasteiger partial charge in [0, 0.05) is 83.1 Å². The van der Waals surface area contributed by atoms with Crippen molar-refractivity contribution in [3.05, 3.63) is 6.07 Å². The lowest BCUT2D eigenvalue weighted by molar-refractivity contribution is 0.0118. The van der Waals surface area contributed by atoms with Crippen LogP contribution in [0, 0.1) is 0 Å². The second kappa shape index (κ2) is 17.1. The van der Waals surface area contributed by atoms with E-state index in [0.717, 1.165) is 129 Å². The van der Waals surface area contributed by atoms with Gasteiger partial charge in [-0.25, -0.2) is 4.79 Å². The van der Waals surface area contributed by atoms with Gasteiger partial charge in [0.1, 0.15) is 17.2 Å². The van der Waals surface area contributed by atoms with Crippen molar-refractivity contribution in [3.8, 4) is 0 Å². The smallest absolute Gasteiger partial charge is 0.410 e. The Bertz CT molecular complexity index is 1060. The number of nitrogen functional groups attached to an aromatic ring is 1. The van der Waals surface area contributed by atoms with Gasteiger partial charge < -0.3 is 35.6 Å². The third-order valence-corrected chi connectivity index (χ3v) is 9.98. The number of nitrogens with two attached hydrogens (primary N) is 1. The minimum absolute atomic E-state index is 0.153. The SMILES string of the molecule is CC(C)(C)OC(=O)N(CCCNC1CCC(Nc2nc(N)cc(N3CCN(CCN4CCOCC4)CC3)n2)CC1)C1CCCCC1. The van der Waals surface area contributed by atoms with Gasteiger partial charge in [-0.1, -0.05) is 19.3 Å². The van der Waals surface area contributed by atoms with Crippen LogP contribution >= 0.6 is 0 Å². The van der Waals surface area contributed by atoms with Crippen LogP contribution in [-0.2, 0) is 9.47 Å². The molecule has 4 fully saturated rings. The summed E-state index contributed by atoms with van der Waals surface area (Å²) in [5, 5.41) is 7.36. The number of ether oxygens (including phenoxy) is 2. The molecule has 260 valence electrons. The first-order valence-electron chi connectivity index (χ1n) is 18.1. The van der Waals surface area contributed by atoms with E-state index in [1.807, 2.05) is 31.7 Å². The van der Waals surface area contributed by atoms with Crippen molar-refractivity contribution >= 4 is 23.7 Å². The first-order valence-corrected chi connectivity index (χ1v) is 18.1. The van der Waals surface area contributed by atoms with Gasteiger partial charge in [0.15, 0.2) is 0 Å². The highest BCUT2D eigenvalue weighted by Gasteiger charge is 2.29. The zero-order chi connectivity index (χ0) is 32.4. The van der Waals surface area contributed by atoms with Crippen molar-refractivity contribution in [3.63, 3.8) is 0 Å². The quantitative estimate of drug-likeness (QED) is 0.288. The van der Waals surface area contributed by atoms with Crippen molar-refractivity contribution in [1.29, 1.82) is 0 Å². The Kier molecular flexibility index (Phi) is 13.0. The van der Waals surface area contributed by atoms with Gasteiger partial charge in [-0.3, -0.25) is 9.80 Å². The molecule has 1 amide bonds. The zero-order valence-corrected chi connectivity index (χ0v) is 28.9. The van der Waals surface area contributed by atoms with Gasteiger partial charge in [-0.05, 0) is 72.3 Å². The number of carbonyl (C=O) groups is 1. The van der Waals surface area contributed by atoms with E-state index in [4.69, 9.17) is 20.2 Å². The summed E-state index contributed by atoms with van der Waals surface area (Å²) in [6.45, 7) is 17.5. The average molecular weight is 644 g/mol. The van der Waals surface area contributed by atoms with Gasteiger partial charge in [0.25, 0.3) is 0 Å². The lowest BCUT2D eigenvalue weighted by atomic mass is 9.91. The molecule has 1 aromatic heterocycles. The molecule has 1 aromatic rings. The molecule has 3 heterocycles. The number of piperazine rings is 1. The second-order valence-electron chi connectivity index (χ2n) is 14.7. The number of morpholine rings is 1. The van der Waals surface area contributed by atoms with Crippen LogP contribution in [0.2, 0.25) is 0 Å². The van der Waals surface area contributed by atoms with Gasteiger partial charge >= 0.3 is 6.09 Å². The number of hydrogen-bond acceptors (Lipinski definition) is 11. The van der Waals surface area contributed by atoms with Crippen molar-refractivity contribution in [2.45, 2.75) is 109 Å². The number of nitrogens with zero attached hydrogens (tertiary/aromatic N) is 6. The van der Waals surface area contributed by atoms with Gasteiger partial charge in [-0.2, -0.15) is 9.97 Å². The topological polar surface area (TPSA) is 124 Å². The van der Waals surface area contributed by atoms with Crippen molar-refractivity contribution in [1.82, 2.24) is 30.0 Å². The fourth-order valence-corrected chi connectivity index (χ4v) is 7.30. The molecule has 2 saturated heterocycles. The minimum atomic E-state index is -0.467. The Morgan fingerprint density at radius 3 is 2.26 bits per heavy atom. The summed E-state index contributed by atoms with van der Waals surface area (Å²) >= 11 is 0. The largest absolute Gasteiger partial charge is 0.444 e. The average Bonchev–Trinajstić information content (AvgIpc) is 3.04. The molecule has 0 unspecified atom stereocenters. The van der Waals surface area contributed by atoms with E-state index in [2.05, 4.69) is 30.3 Å². The summed E-state index contributed by atoms with van der Waals surface area (Å²) < 4.78 is 11.3. The molecule has 2 saturated carbocycles. The van der Waals surface area contributed by atoms with Crippen LogP contribution in [0.15, 0.2) is 6.07 Å². The minimum Gasteiger partial charge on any atom is -0.444 e. The zero-order valence-electron chi connectivity index (χ0n) is 28.9. The molecule has 0 aromatic carbocycles. The number of anilines is 3. The third kappa shape index (κ3) is 11.1. The molecule has 5 rings (SSSR count). The van der Waals surface area contributed by atoms with E-state index in [1.54, 1.807) is 0 Å². The Morgan fingerprint density at radius 1 is 0.935 bits per heavy atom. The normalized spacial score (nSPS) is 24.1. The lowest BCUT2D eigenvalue weighted by Gasteiger charge is -2.37. The predicted molar refractivity (Wildman–Crippen MR) is 184 cm³/mol. The maximum atomic E-state index is 13.0. The number of nitrogens with one attached hydrogen (secondary N) is 2. The van der Waals surface area contributed by atoms with E-state index in [0.29, 0.717) is 29.9 Å². The molecule has 0 spiro atoms. The van der Waals surface area contributed by atoms with Gasteiger partial charge in [0.2, 0.25) is 5.95 Å². The number of carbonyl (C=O) groups excluding carboxylic acids is 1. The van der Waals surface area contributed by atoms with Crippen LogP contribution in [-0.4, -0.2) is 133 Å². The van der Waals surface area contributed by atoms with E-state index in [-0.39, 0.29) is 6.09 Å². The van der Waals surface area contributed by atoms with E-state index in [1.165, 1.54) is 19.3 Å². The predicted octanol–water partition coefficient (Wildman–Crippen LogP) is 3.79. The lowest BCUT2D eigenvalue weighted by Crippen LogP contribution is -2.49. The van der Waals surface area contributed by atoms with Crippen LogP contribution in [0.3, 0.4) is 0 Å². The third-order valence-electron chi connectivity index (χ3n) is 9.98. The summed E-state index contributed by atoms with van der Waals surface area (Å²) in [4.78, 5) is 31.8. The molecule has 2 aliphatic heterocycles. The molecule has 4 N–H and O–H groups in total. The van der Waals surface area contributed by atoms with Crippen molar-refractivity contribution in [2.24, 2.45) is 0 Å². The van der Waals surface area contributed by atoms with Crippen LogP contribution in [0.25, 0.3) is 0 Å². The van der Waals surface area contributed by atoms with E-state index < -0.39 is 5.60 Å². The highest BCUT2D eigenvalue weighted by atomic mass is 16.6. The first-order chi connectivity index (χ1) is 22.2. The van der Waals surface area contributed by atoms with Crippen LogP contribution < -0.4 is 21.3 Å². The highest BCUT2D eigenvalue weighted by molar-refractivity contribution is 5.68. The van der Waals surface area contributed by atoms with E-state index >= 15 is 0 Å². The van der Waals surface area contributed by atoms with Gasteiger partial charge in [-0.15, -0.1) is 0 Å². The van der Waals surface area contributed by atoms with Crippen molar-refractivity contribution < 1.29 is 14.3 Å². The number of rotatable bonds is 12. The Hall–Kier alpha value is -2.41. The first kappa shape index (κ1) is 34.9. The monoisotopic (exact) mass is 643 g/mol. The van der Waals surface area contributed by atoms with E-state index in [9.17, 15) is 4.79 Å². The molecule has 0 bridgehead atoms. The second-order valence-corrected chi connectivity index (χ2v) is 14.7. The Balaban J connectivity index is 1.01. The summed E-state index contributed by atoms with van der Waals surface area (Å²) in [6, 6.07) is 3.07. The molecule has 0 radical (unpaired) electrons. The fourth-order valence-electron chi connectivity index (χ4n) is 7.30. The van der Waals surface area contributed by atoms with Crippen LogP contribution in [0.5, 0.6) is 0 Å². The maximum absolute atomic E-state index is 13.0. The summed E-state index contributed by atoms with van der Waals surface area (Å²) in [7, 11) is 0. The summed E-state index contributed by atoms with van der Waals surface area (Å²) in [5.41, 5.74) is 5.78. The standard InChI is InChI=1S/C34H61N9O3/c1-34(2,3)46-33(44)43(29-8-5-4-6-9-29)15-7-14-36-27-10-12-28(13-11-27)37-32-38-30(35)26-31(39-32)42-20-18-40(19-21-42)16-17-41-22-24-45-25-23-41/h26-29,36H,4-25H2,1-3H3,(H3,35,37,38,39). The molecule has 0 atom stereocenters. The molecular weight excluding hydrogens is 582 g/mol.